The summed E-state index contributed by atoms with van der Waals surface area (Å²) < 4.78 is 47.4. The van der Waals surface area contributed by atoms with Crippen LogP contribution >= 0.6 is 0 Å². The number of sulfonamides is 1. The highest BCUT2D eigenvalue weighted by Crippen LogP contribution is 2.22. The van der Waals surface area contributed by atoms with Gasteiger partial charge in [-0.3, -0.25) is 14.2 Å². The SMILES string of the molecule is O=c1oc2cc(S(=O)(=O)Nc3ccc(F)cc3)ccc2n1CN1CCCCC1. The van der Waals surface area contributed by atoms with E-state index in [4.69, 9.17) is 4.42 Å². The zero-order valence-electron chi connectivity index (χ0n) is 15.1. The fourth-order valence-electron chi connectivity index (χ4n) is 3.38. The molecular formula is C19H20FN3O4S. The topological polar surface area (TPSA) is 84.5 Å². The smallest absolute Gasteiger partial charge is 0.408 e. The van der Waals surface area contributed by atoms with Crippen LogP contribution in [-0.2, 0) is 16.7 Å². The number of likely N-dealkylation sites (tertiary alicyclic amines) is 1. The molecule has 1 aliphatic heterocycles. The maximum atomic E-state index is 13.0. The van der Waals surface area contributed by atoms with Crippen LogP contribution in [0, 0.1) is 5.82 Å². The lowest BCUT2D eigenvalue weighted by Gasteiger charge is -2.26. The van der Waals surface area contributed by atoms with Crippen molar-refractivity contribution >= 4 is 26.8 Å². The second-order valence-electron chi connectivity index (χ2n) is 6.86. The lowest BCUT2D eigenvalue weighted by atomic mass is 10.1. The van der Waals surface area contributed by atoms with Gasteiger partial charge in [0.1, 0.15) is 5.82 Å². The minimum atomic E-state index is -3.90. The van der Waals surface area contributed by atoms with Gasteiger partial charge in [-0.1, -0.05) is 6.42 Å². The first kappa shape index (κ1) is 18.7. The first-order chi connectivity index (χ1) is 13.4. The van der Waals surface area contributed by atoms with Crippen molar-refractivity contribution in [1.29, 1.82) is 0 Å². The molecule has 0 radical (unpaired) electrons. The van der Waals surface area contributed by atoms with Crippen LogP contribution in [0.15, 0.2) is 56.6 Å². The van der Waals surface area contributed by atoms with Gasteiger partial charge in [-0.05, 0) is 62.3 Å². The Morgan fingerprint density at radius 1 is 1.04 bits per heavy atom. The fraction of sp³-hybridized carbons (Fsp3) is 0.316. The van der Waals surface area contributed by atoms with Crippen molar-refractivity contribution in [3.05, 3.63) is 58.8 Å². The molecule has 0 atom stereocenters. The third kappa shape index (κ3) is 3.81. The maximum absolute atomic E-state index is 13.0. The van der Waals surface area contributed by atoms with Crippen molar-refractivity contribution in [3.63, 3.8) is 0 Å². The summed E-state index contributed by atoms with van der Waals surface area (Å²) in [5, 5.41) is 0. The Morgan fingerprint density at radius 2 is 1.75 bits per heavy atom. The van der Waals surface area contributed by atoms with Crippen LogP contribution < -0.4 is 10.5 Å². The molecule has 0 unspecified atom stereocenters. The predicted octanol–water partition coefficient (Wildman–Crippen LogP) is 2.98. The van der Waals surface area contributed by atoms with E-state index >= 15 is 0 Å². The molecule has 0 saturated carbocycles. The molecule has 2 aromatic carbocycles. The number of fused-ring (bicyclic) bond motifs is 1. The molecule has 28 heavy (non-hydrogen) atoms. The molecule has 2 heterocycles. The second kappa shape index (κ2) is 7.40. The van der Waals surface area contributed by atoms with Gasteiger partial charge in [0, 0.05) is 11.8 Å². The lowest BCUT2D eigenvalue weighted by Crippen LogP contribution is -2.34. The number of anilines is 1. The van der Waals surface area contributed by atoms with Gasteiger partial charge in [-0.25, -0.2) is 17.6 Å². The summed E-state index contributed by atoms with van der Waals surface area (Å²) in [4.78, 5) is 14.4. The van der Waals surface area contributed by atoms with Crippen molar-refractivity contribution in [3.8, 4) is 0 Å². The number of rotatable bonds is 5. The van der Waals surface area contributed by atoms with Crippen LogP contribution in [0.25, 0.3) is 11.1 Å². The summed E-state index contributed by atoms with van der Waals surface area (Å²) in [7, 11) is -3.90. The highest BCUT2D eigenvalue weighted by Gasteiger charge is 2.19. The quantitative estimate of drug-likeness (QED) is 0.705. The number of hydrogen-bond acceptors (Lipinski definition) is 5. The van der Waals surface area contributed by atoms with Crippen LogP contribution in [0.3, 0.4) is 0 Å². The summed E-state index contributed by atoms with van der Waals surface area (Å²) in [5.74, 6) is -0.970. The molecule has 148 valence electrons. The van der Waals surface area contributed by atoms with E-state index in [1.165, 1.54) is 47.4 Å². The molecule has 0 bridgehead atoms. The summed E-state index contributed by atoms with van der Waals surface area (Å²) in [6, 6.07) is 9.33. The van der Waals surface area contributed by atoms with E-state index in [0.29, 0.717) is 12.2 Å². The second-order valence-corrected chi connectivity index (χ2v) is 8.54. The summed E-state index contributed by atoms with van der Waals surface area (Å²) >= 11 is 0. The van der Waals surface area contributed by atoms with E-state index < -0.39 is 21.6 Å². The Hall–Kier alpha value is -2.65. The van der Waals surface area contributed by atoms with Crippen molar-refractivity contribution < 1.29 is 17.2 Å². The zero-order chi connectivity index (χ0) is 19.7. The molecule has 0 amide bonds. The van der Waals surface area contributed by atoms with Gasteiger partial charge in [-0.2, -0.15) is 0 Å². The number of piperidine rings is 1. The highest BCUT2D eigenvalue weighted by molar-refractivity contribution is 7.92. The van der Waals surface area contributed by atoms with E-state index in [2.05, 4.69) is 9.62 Å². The lowest BCUT2D eigenvalue weighted by molar-refractivity contribution is 0.179. The number of hydrogen-bond donors (Lipinski definition) is 1. The van der Waals surface area contributed by atoms with Crippen LogP contribution in [0.2, 0.25) is 0 Å². The number of nitrogens with zero attached hydrogens (tertiary/aromatic N) is 2. The van der Waals surface area contributed by atoms with Gasteiger partial charge in [0.15, 0.2) is 5.58 Å². The van der Waals surface area contributed by atoms with Gasteiger partial charge < -0.3 is 4.42 Å². The summed E-state index contributed by atoms with van der Waals surface area (Å²) in [6.07, 6.45) is 3.39. The summed E-state index contributed by atoms with van der Waals surface area (Å²) in [6.45, 7) is 2.27. The standard InChI is InChI=1S/C19H20FN3O4S/c20-14-4-6-15(7-5-14)21-28(25,26)16-8-9-17-18(12-16)27-19(24)23(17)13-22-10-2-1-3-11-22/h4-9,12,21H,1-3,10-11,13H2. The molecule has 7 nitrogen and oxygen atoms in total. The molecular weight excluding hydrogens is 385 g/mol. The number of aromatic nitrogens is 1. The normalized spacial score (nSPS) is 15.8. The van der Waals surface area contributed by atoms with E-state index in [9.17, 15) is 17.6 Å². The van der Waals surface area contributed by atoms with Gasteiger partial charge in [0.05, 0.1) is 17.1 Å². The average Bonchev–Trinajstić information content (AvgIpc) is 2.99. The number of benzene rings is 2. The van der Waals surface area contributed by atoms with Crippen molar-refractivity contribution in [2.45, 2.75) is 30.8 Å². The number of oxazole rings is 1. The van der Waals surface area contributed by atoms with Crippen molar-refractivity contribution in [2.75, 3.05) is 17.8 Å². The predicted molar refractivity (Wildman–Crippen MR) is 103 cm³/mol. The largest absolute Gasteiger partial charge is 0.421 e. The van der Waals surface area contributed by atoms with E-state index in [1.807, 2.05) is 0 Å². The molecule has 1 saturated heterocycles. The maximum Gasteiger partial charge on any atom is 0.421 e. The molecule has 1 N–H and O–H groups in total. The molecule has 1 aliphatic rings. The fourth-order valence-corrected chi connectivity index (χ4v) is 4.45. The summed E-state index contributed by atoms with van der Waals surface area (Å²) in [5.41, 5.74) is 1.01. The molecule has 1 aromatic heterocycles. The zero-order valence-corrected chi connectivity index (χ0v) is 15.9. The molecule has 9 heteroatoms. The first-order valence-corrected chi connectivity index (χ1v) is 10.5. The third-order valence-electron chi connectivity index (χ3n) is 4.84. The Labute approximate surface area is 161 Å². The van der Waals surface area contributed by atoms with E-state index in [0.717, 1.165) is 25.9 Å². The van der Waals surface area contributed by atoms with Gasteiger partial charge in [-0.15, -0.1) is 0 Å². The van der Waals surface area contributed by atoms with Crippen LogP contribution in [0.5, 0.6) is 0 Å². The Balaban J connectivity index is 1.62. The van der Waals surface area contributed by atoms with Crippen molar-refractivity contribution in [1.82, 2.24) is 9.47 Å². The first-order valence-electron chi connectivity index (χ1n) is 9.06. The third-order valence-corrected chi connectivity index (χ3v) is 6.22. The molecule has 3 aromatic rings. The monoisotopic (exact) mass is 405 g/mol. The van der Waals surface area contributed by atoms with Crippen LogP contribution in [0.1, 0.15) is 19.3 Å². The van der Waals surface area contributed by atoms with Gasteiger partial charge in [0.2, 0.25) is 0 Å². The molecule has 1 fully saturated rings. The Bertz CT molecular complexity index is 1150. The minimum absolute atomic E-state index is 0.0387. The molecule has 0 spiro atoms. The van der Waals surface area contributed by atoms with Crippen molar-refractivity contribution in [2.24, 2.45) is 0 Å². The Kier molecular flexibility index (Phi) is 4.94. The highest BCUT2D eigenvalue weighted by atomic mass is 32.2. The van der Waals surface area contributed by atoms with Gasteiger partial charge in [0.25, 0.3) is 10.0 Å². The number of nitrogens with one attached hydrogen (secondary N) is 1. The Morgan fingerprint density at radius 3 is 2.46 bits per heavy atom. The van der Waals surface area contributed by atoms with Crippen LogP contribution in [-0.4, -0.2) is 31.0 Å². The van der Waals surface area contributed by atoms with E-state index in [-0.39, 0.29) is 16.2 Å². The molecule has 4 rings (SSSR count). The van der Waals surface area contributed by atoms with Gasteiger partial charge >= 0.3 is 5.76 Å². The molecule has 0 aliphatic carbocycles. The van der Waals surface area contributed by atoms with E-state index in [1.54, 1.807) is 6.07 Å². The average molecular weight is 405 g/mol. The van der Waals surface area contributed by atoms with Crippen LogP contribution in [0.4, 0.5) is 10.1 Å². The number of halogens is 1. The minimum Gasteiger partial charge on any atom is -0.408 e.